The summed E-state index contributed by atoms with van der Waals surface area (Å²) in [7, 11) is 0. The average Bonchev–Trinajstić information content (AvgIpc) is 3.15. The van der Waals surface area contributed by atoms with Crippen molar-refractivity contribution >= 4 is 5.69 Å². The Bertz CT molecular complexity index is 1520. The molecule has 5 aromatic rings. The first-order valence-electron chi connectivity index (χ1n) is 11.2. The van der Waals surface area contributed by atoms with Gasteiger partial charge in [-0.15, -0.1) is 0 Å². The number of rotatable bonds is 1. The maximum absolute atomic E-state index is 6.41. The number of benzene rings is 5. The third-order valence-corrected chi connectivity index (χ3v) is 7.12. The molecule has 0 atom stereocenters. The molecule has 0 saturated carbocycles. The van der Waals surface area contributed by atoms with Crippen molar-refractivity contribution in [2.45, 2.75) is 5.41 Å². The van der Waals surface area contributed by atoms with Crippen molar-refractivity contribution in [3.05, 3.63) is 138 Å². The number of anilines is 1. The molecule has 0 fully saturated rings. The van der Waals surface area contributed by atoms with Crippen molar-refractivity contribution in [1.29, 1.82) is 0 Å². The lowest BCUT2D eigenvalue weighted by atomic mass is 9.66. The standard InChI is InChI=1S/C31H21NO/c32-28-14-6-2-9-21(28)20-17-18-23-22-10-1-3-11-24(22)31(27(23)19-20)25-12-4-7-15-29(25)33-30-16-8-5-13-26(30)31/h1-19H,32H2. The van der Waals surface area contributed by atoms with Gasteiger partial charge in [-0.25, -0.2) is 0 Å². The maximum Gasteiger partial charge on any atom is 0.132 e. The van der Waals surface area contributed by atoms with Crippen LogP contribution in [-0.2, 0) is 5.41 Å². The second kappa shape index (κ2) is 6.60. The van der Waals surface area contributed by atoms with E-state index < -0.39 is 5.41 Å². The summed E-state index contributed by atoms with van der Waals surface area (Å²) in [5.74, 6) is 1.81. The zero-order chi connectivity index (χ0) is 22.0. The summed E-state index contributed by atoms with van der Waals surface area (Å²) in [6.45, 7) is 0. The first-order chi connectivity index (χ1) is 16.3. The van der Waals surface area contributed by atoms with Gasteiger partial charge < -0.3 is 10.5 Å². The van der Waals surface area contributed by atoms with Gasteiger partial charge in [0.25, 0.3) is 0 Å². The molecule has 2 N–H and O–H groups in total. The summed E-state index contributed by atoms with van der Waals surface area (Å²) in [5.41, 5.74) is 16.3. The van der Waals surface area contributed by atoms with E-state index in [0.717, 1.165) is 28.3 Å². The predicted molar refractivity (Wildman–Crippen MR) is 134 cm³/mol. The molecule has 1 aliphatic heterocycles. The van der Waals surface area contributed by atoms with Gasteiger partial charge in [-0.1, -0.05) is 91.0 Å². The lowest BCUT2D eigenvalue weighted by Gasteiger charge is -2.39. The van der Waals surface area contributed by atoms with E-state index in [-0.39, 0.29) is 0 Å². The number of nitrogen functional groups attached to an aromatic ring is 1. The van der Waals surface area contributed by atoms with E-state index in [1.807, 2.05) is 30.3 Å². The Labute approximate surface area is 192 Å². The second-order valence-corrected chi connectivity index (χ2v) is 8.74. The van der Waals surface area contributed by atoms with Gasteiger partial charge in [-0.05, 0) is 52.1 Å². The van der Waals surface area contributed by atoms with Gasteiger partial charge in [-0.3, -0.25) is 0 Å². The molecular formula is C31H21NO. The number of hydrogen-bond acceptors (Lipinski definition) is 2. The van der Waals surface area contributed by atoms with Crippen molar-refractivity contribution in [3.8, 4) is 33.8 Å². The van der Waals surface area contributed by atoms with Gasteiger partial charge in [-0.2, -0.15) is 0 Å². The average molecular weight is 424 g/mol. The molecule has 33 heavy (non-hydrogen) atoms. The van der Waals surface area contributed by atoms with Crippen LogP contribution >= 0.6 is 0 Å². The van der Waals surface area contributed by atoms with E-state index >= 15 is 0 Å². The molecule has 2 aliphatic rings. The molecule has 5 aromatic carbocycles. The Kier molecular flexibility index (Phi) is 3.66. The van der Waals surface area contributed by atoms with Gasteiger partial charge in [0, 0.05) is 22.4 Å². The monoisotopic (exact) mass is 423 g/mol. The molecule has 7 rings (SSSR count). The third kappa shape index (κ3) is 2.33. The van der Waals surface area contributed by atoms with Gasteiger partial charge in [0.15, 0.2) is 0 Å². The second-order valence-electron chi connectivity index (χ2n) is 8.74. The number of hydrogen-bond donors (Lipinski definition) is 1. The van der Waals surface area contributed by atoms with Crippen LogP contribution in [0.25, 0.3) is 22.3 Å². The molecule has 2 heteroatoms. The summed E-state index contributed by atoms with van der Waals surface area (Å²) in [6, 6.07) is 40.5. The summed E-state index contributed by atoms with van der Waals surface area (Å²) >= 11 is 0. The highest BCUT2D eigenvalue weighted by Crippen LogP contribution is 2.62. The van der Waals surface area contributed by atoms with Crippen molar-refractivity contribution in [3.63, 3.8) is 0 Å². The van der Waals surface area contributed by atoms with E-state index in [9.17, 15) is 0 Å². The highest BCUT2D eigenvalue weighted by atomic mass is 16.5. The zero-order valence-corrected chi connectivity index (χ0v) is 18.0. The molecule has 156 valence electrons. The third-order valence-electron chi connectivity index (χ3n) is 7.12. The van der Waals surface area contributed by atoms with Crippen LogP contribution in [0.4, 0.5) is 5.69 Å². The predicted octanol–water partition coefficient (Wildman–Crippen LogP) is 7.40. The highest BCUT2D eigenvalue weighted by Gasteiger charge is 2.50. The fourth-order valence-electron chi connectivity index (χ4n) is 5.78. The molecule has 0 unspecified atom stereocenters. The Balaban J connectivity index is 1.64. The Hall–Kier alpha value is -4.30. The summed E-state index contributed by atoms with van der Waals surface area (Å²) in [4.78, 5) is 0. The van der Waals surface area contributed by atoms with Crippen molar-refractivity contribution in [2.75, 3.05) is 5.73 Å². The molecular weight excluding hydrogens is 402 g/mol. The minimum Gasteiger partial charge on any atom is -0.457 e. The SMILES string of the molecule is Nc1ccccc1-c1ccc2c(c1)C1(c3ccccc3Oc3ccccc31)c1ccccc1-2. The molecule has 0 radical (unpaired) electrons. The van der Waals surface area contributed by atoms with Gasteiger partial charge in [0.2, 0.25) is 0 Å². The van der Waals surface area contributed by atoms with Crippen LogP contribution < -0.4 is 10.5 Å². The maximum atomic E-state index is 6.41. The van der Waals surface area contributed by atoms with Crippen LogP contribution in [-0.4, -0.2) is 0 Å². The van der Waals surface area contributed by atoms with Crippen molar-refractivity contribution in [1.82, 2.24) is 0 Å². The molecule has 1 heterocycles. The van der Waals surface area contributed by atoms with Gasteiger partial charge in [0.05, 0.1) is 5.41 Å². The Morgan fingerprint density at radius 1 is 0.485 bits per heavy atom. The minimum absolute atomic E-state index is 0.448. The molecule has 0 bridgehead atoms. The van der Waals surface area contributed by atoms with E-state index in [0.29, 0.717) is 0 Å². The molecule has 2 nitrogen and oxygen atoms in total. The van der Waals surface area contributed by atoms with Crippen LogP contribution in [0.3, 0.4) is 0 Å². The van der Waals surface area contributed by atoms with E-state index in [1.54, 1.807) is 0 Å². The quantitative estimate of drug-likeness (QED) is 0.279. The molecule has 0 saturated heterocycles. The van der Waals surface area contributed by atoms with Crippen LogP contribution in [0.1, 0.15) is 22.3 Å². The Morgan fingerprint density at radius 3 is 1.73 bits per heavy atom. The van der Waals surface area contributed by atoms with E-state index in [4.69, 9.17) is 10.5 Å². The van der Waals surface area contributed by atoms with Gasteiger partial charge >= 0.3 is 0 Å². The number of ether oxygens (including phenoxy) is 1. The highest BCUT2D eigenvalue weighted by molar-refractivity contribution is 5.91. The molecule has 1 aliphatic carbocycles. The van der Waals surface area contributed by atoms with Crippen LogP contribution in [0.15, 0.2) is 115 Å². The largest absolute Gasteiger partial charge is 0.457 e. The minimum atomic E-state index is -0.448. The topological polar surface area (TPSA) is 35.2 Å². The van der Waals surface area contributed by atoms with Crippen molar-refractivity contribution in [2.24, 2.45) is 0 Å². The van der Waals surface area contributed by atoms with E-state index in [1.165, 1.54) is 33.4 Å². The van der Waals surface area contributed by atoms with Gasteiger partial charge in [0.1, 0.15) is 11.5 Å². The Morgan fingerprint density at radius 2 is 1.03 bits per heavy atom. The molecule has 1 spiro atoms. The first kappa shape index (κ1) is 18.3. The molecule has 0 aromatic heterocycles. The summed E-state index contributed by atoms with van der Waals surface area (Å²) < 4.78 is 6.41. The van der Waals surface area contributed by atoms with Crippen molar-refractivity contribution < 1.29 is 4.74 Å². The number of fused-ring (bicyclic) bond motifs is 9. The van der Waals surface area contributed by atoms with Crippen LogP contribution in [0.2, 0.25) is 0 Å². The van der Waals surface area contributed by atoms with E-state index in [2.05, 4.69) is 84.9 Å². The lowest BCUT2D eigenvalue weighted by molar-refractivity contribution is 0.436. The smallest absolute Gasteiger partial charge is 0.132 e. The van der Waals surface area contributed by atoms with Crippen LogP contribution in [0.5, 0.6) is 11.5 Å². The number of para-hydroxylation sites is 3. The summed E-state index contributed by atoms with van der Waals surface area (Å²) in [5, 5.41) is 0. The fraction of sp³-hybridized carbons (Fsp3) is 0.0323. The normalized spacial score (nSPS) is 14.1. The summed E-state index contributed by atoms with van der Waals surface area (Å²) in [6.07, 6.45) is 0. The lowest BCUT2D eigenvalue weighted by Crippen LogP contribution is -2.32. The number of nitrogens with two attached hydrogens (primary N) is 1. The molecule has 0 amide bonds. The fourth-order valence-corrected chi connectivity index (χ4v) is 5.78. The van der Waals surface area contributed by atoms with Crippen LogP contribution in [0, 0.1) is 0 Å². The first-order valence-corrected chi connectivity index (χ1v) is 11.2. The zero-order valence-electron chi connectivity index (χ0n) is 18.0.